The van der Waals surface area contributed by atoms with E-state index in [2.05, 4.69) is 0 Å². The van der Waals surface area contributed by atoms with Crippen LogP contribution in [0.3, 0.4) is 0 Å². The lowest BCUT2D eigenvalue weighted by Crippen LogP contribution is -2.40. The third-order valence-electron chi connectivity index (χ3n) is 1.45. The predicted octanol–water partition coefficient (Wildman–Crippen LogP) is -0.313. The molecule has 0 amide bonds. The maximum Gasteiger partial charge on any atom is 0.305 e. The van der Waals surface area contributed by atoms with Gasteiger partial charge in [0.05, 0.1) is 12.5 Å². The summed E-state index contributed by atoms with van der Waals surface area (Å²) >= 11 is 1.28. The molecule has 1 unspecified atom stereocenters. The number of carbonyl (C=O) groups is 1. The number of carboxylic acid groups (broad SMARTS) is 1. The number of amidine groups is 1. The van der Waals surface area contributed by atoms with Crippen LogP contribution in [0.2, 0.25) is 0 Å². The molecule has 62 valence electrons. The van der Waals surface area contributed by atoms with Crippen LogP contribution < -0.4 is 5.84 Å². The zero-order valence-corrected chi connectivity index (χ0v) is 6.60. The summed E-state index contributed by atoms with van der Waals surface area (Å²) in [6, 6.07) is -0.218. The van der Waals surface area contributed by atoms with Gasteiger partial charge in [-0.3, -0.25) is 15.2 Å². The van der Waals surface area contributed by atoms with Crippen LogP contribution in [0.5, 0.6) is 0 Å². The number of rotatable bonds is 2. The Labute approximate surface area is 68.0 Å². The van der Waals surface area contributed by atoms with Crippen molar-refractivity contribution in [2.45, 2.75) is 12.5 Å². The Morgan fingerprint density at radius 1 is 2.00 bits per heavy atom. The first-order valence-electron chi connectivity index (χ1n) is 3.08. The number of nitrogens with two attached hydrogens (primary N) is 1. The van der Waals surface area contributed by atoms with Crippen molar-refractivity contribution in [1.82, 2.24) is 5.01 Å². The molecular weight excluding hydrogens is 166 g/mol. The molecule has 1 atom stereocenters. The molecule has 0 bridgehead atoms. The zero-order valence-electron chi connectivity index (χ0n) is 5.78. The summed E-state index contributed by atoms with van der Waals surface area (Å²) in [7, 11) is 0. The van der Waals surface area contributed by atoms with Gasteiger partial charge in [-0.05, 0) is 0 Å². The fraction of sp³-hybridized carbons (Fsp3) is 0.600. The Bertz CT molecular complexity index is 196. The minimum absolute atomic E-state index is 0.00583. The van der Waals surface area contributed by atoms with Crippen LogP contribution in [0.4, 0.5) is 0 Å². The summed E-state index contributed by atoms with van der Waals surface area (Å²) in [5.41, 5.74) is 0. The third kappa shape index (κ3) is 1.84. The van der Waals surface area contributed by atoms with Crippen molar-refractivity contribution in [3.63, 3.8) is 0 Å². The van der Waals surface area contributed by atoms with Crippen LogP contribution >= 0.6 is 11.8 Å². The highest BCUT2D eigenvalue weighted by atomic mass is 32.2. The van der Waals surface area contributed by atoms with E-state index in [1.165, 1.54) is 16.8 Å². The minimum atomic E-state index is -0.874. The van der Waals surface area contributed by atoms with Crippen LogP contribution in [0.25, 0.3) is 0 Å². The molecule has 1 fully saturated rings. The van der Waals surface area contributed by atoms with Crippen molar-refractivity contribution < 1.29 is 9.90 Å². The van der Waals surface area contributed by atoms with E-state index in [-0.39, 0.29) is 17.6 Å². The average molecular weight is 175 g/mol. The van der Waals surface area contributed by atoms with E-state index in [0.29, 0.717) is 5.75 Å². The molecule has 0 aliphatic carbocycles. The standard InChI is InChI=1S/C5H9N3O2S/c6-5-8(7)3(2-11-5)1-4(9)10/h3,6H,1-2,7H2,(H,9,10). The number of aliphatic carboxylic acids is 1. The maximum absolute atomic E-state index is 10.2. The van der Waals surface area contributed by atoms with E-state index in [9.17, 15) is 4.79 Å². The van der Waals surface area contributed by atoms with E-state index < -0.39 is 5.97 Å². The number of hydrazine groups is 1. The van der Waals surface area contributed by atoms with Crippen LogP contribution in [-0.4, -0.2) is 33.0 Å². The third-order valence-corrected chi connectivity index (χ3v) is 2.49. The van der Waals surface area contributed by atoms with Crippen LogP contribution in [0.1, 0.15) is 6.42 Å². The molecular formula is C5H9N3O2S. The van der Waals surface area contributed by atoms with Gasteiger partial charge in [-0.2, -0.15) is 0 Å². The molecule has 0 saturated carbocycles. The molecule has 1 rings (SSSR count). The predicted molar refractivity (Wildman–Crippen MR) is 42.3 cm³/mol. The highest BCUT2D eigenvalue weighted by Gasteiger charge is 2.28. The Morgan fingerprint density at radius 3 is 3.00 bits per heavy atom. The van der Waals surface area contributed by atoms with Crippen molar-refractivity contribution >= 4 is 22.9 Å². The Kier molecular flexibility index (Phi) is 2.35. The molecule has 0 aromatic carbocycles. The minimum Gasteiger partial charge on any atom is -0.481 e. The number of nitrogens with zero attached hydrogens (tertiary/aromatic N) is 1. The van der Waals surface area contributed by atoms with E-state index in [1.54, 1.807) is 0 Å². The average Bonchev–Trinajstić information content (AvgIpc) is 2.18. The smallest absolute Gasteiger partial charge is 0.305 e. The first-order valence-corrected chi connectivity index (χ1v) is 4.07. The van der Waals surface area contributed by atoms with Gasteiger partial charge in [0.25, 0.3) is 0 Å². The second kappa shape index (κ2) is 3.10. The van der Waals surface area contributed by atoms with Crippen LogP contribution in [0.15, 0.2) is 0 Å². The Balaban J connectivity index is 2.48. The van der Waals surface area contributed by atoms with Crippen molar-refractivity contribution in [2.24, 2.45) is 5.84 Å². The summed E-state index contributed by atoms with van der Waals surface area (Å²) in [6.45, 7) is 0. The van der Waals surface area contributed by atoms with Gasteiger partial charge in [-0.15, -0.1) is 0 Å². The quantitative estimate of drug-likeness (QED) is 0.501. The van der Waals surface area contributed by atoms with Crippen molar-refractivity contribution in [2.75, 3.05) is 5.75 Å². The molecule has 0 spiro atoms. The number of hydrogen-bond acceptors (Lipinski definition) is 4. The Hall–Kier alpha value is -0.750. The SMILES string of the molecule is N=C1SCC(CC(=O)O)N1N. The second-order valence-electron chi connectivity index (χ2n) is 2.28. The Morgan fingerprint density at radius 2 is 2.64 bits per heavy atom. The summed E-state index contributed by atoms with van der Waals surface area (Å²) in [5, 5.41) is 17.1. The highest BCUT2D eigenvalue weighted by Crippen LogP contribution is 2.21. The molecule has 4 N–H and O–H groups in total. The lowest BCUT2D eigenvalue weighted by molar-refractivity contribution is -0.137. The van der Waals surface area contributed by atoms with Gasteiger partial charge in [0.15, 0.2) is 5.17 Å². The maximum atomic E-state index is 10.2. The van der Waals surface area contributed by atoms with E-state index in [1.807, 2.05) is 0 Å². The van der Waals surface area contributed by atoms with Gasteiger partial charge >= 0.3 is 5.97 Å². The first-order chi connectivity index (χ1) is 5.11. The molecule has 0 aromatic heterocycles. The van der Waals surface area contributed by atoms with Gasteiger partial charge in [-0.1, -0.05) is 11.8 Å². The van der Waals surface area contributed by atoms with Gasteiger partial charge in [0.2, 0.25) is 0 Å². The van der Waals surface area contributed by atoms with Crippen molar-refractivity contribution in [1.29, 1.82) is 5.41 Å². The number of carboxylic acids is 1. The van der Waals surface area contributed by atoms with Gasteiger partial charge < -0.3 is 5.11 Å². The summed E-state index contributed by atoms with van der Waals surface area (Å²) in [5.74, 6) is 5.12. The highest BCUT2D eigenvalue weighted by molar-refractivity contribution is 8.14. The fourth-order valence-corrected chi connectivity index (χ4v) is 1.78. The topological polar surface area (TPSA) is 90.4 Å². The molecule has 1 aliphatic rings. The van der Waals surface area contributed by atoms with Gasteiger partial charge in [0, 0.05) is 5.75 Å². The van der Waals surface area contributed by atoms with E-state index >= 15 is 0 Å². The lowest BCUT2D eigenvalue weighted by atomic mass is 10.2. The number of nitrogens with one attached hydrogen (secondary N) is 1. The molecule has 1 heterocycles. The molecule has 1 aliphatic heterocycles. The monoisotopic (exact) mass is 175 g/mol. The zero-order chi connectivity index (χ0) is 8.43. The normalized spacial score (nSPS) is 24.3. The second-order valence-corrected chi connectivity index (χ2v) is 3.28. The van der Waals surface area contributed by atoms with E-state index in [0.717, 1.165) is 0 Å². The van der Waals surface area contributed by atoms with E-state index in [4.69, 9.17) is 16.4 Å². The summed E-state index contributed by atoms with van der Waals surface area (Å²) < 4.78 is 0. The lowest BCUT2D eigenvalue weighted by Gasteiger charge is -2.16. The number of thioether (sulfide) groups is 1. The first kappa shape index (κ1) is 8.35. The molecule has 5 nitrogen and oxygen atoms in total. The molecule has 0 radical (unpaired) electrons. The van der Waals surface area contributed by atoms with Crippen LogP contribution in [-0.2, 0) is 4.79 Å². The van der Waals surface area contributed by atoms with Crippen LogP contribution in [0, 0.1) is 5.41 Å². The molecule has 1 saturated heterocycles. The summed E-state index contributed by atoms with van der Waals surface area (Å²) in [4.78, 5) is 10.2. The fourth-order valence-electron chi connectivity index (χ4n) is 0.855. The van der Waals surface area contributed by atoms with Gasteiger partial charge in [0.1, 0.15) is 0 Å². The largest absolute Gasteiger partial charge is 0.481 e. The molecule has 0 aromatic rings. The van der Waals surface area contributed by atoms with Gasteiger partial charge in [-0.25, -0.2) is 5.84 Å². The van der Waals surface area contributed by atoms with Crippen molar-refractivity contribution in [3.8, 4) is 0 Å². The molecule has 11 heavy (non-hydrogen) atoms. The van der Waals surface area contributed by atoms with Crippen molar-refractivity contribution in [3.05, 3.63) is 0 Å². The summed E-state index contributed by atoms with van der Waals surface area (Å²) in [6.07, 6.45) is 0.00583. The number of hydrogen-bond donors (Lipinski definition) is 3. The molecule has 6 heteroatoms.